The predicted octanol–water partition coefficient (Wildman–Crippen LogP) is 4.51. The van der Waals surface area contributed by atoms with Gasteiger partial charge >= 0.3 is 0 Å². The van der Waals surface area contributed by atoms with E-state index in [9.17, 15) is 4.79 Å². The van der Waals surface area contributed by atoms with Crippen molar-refractivity contribution in [3.63, 3.8) is 0 Å². The number of benzene rings is 1. The Hall–Kier alpha value is -2.43. The number of hydrogen-bond donors (Lipinski definition) is 1. The largest absolute Gasteiger partial charge is 0.367 e. The first-order chi connectivity index (χ1) is 13.3. The first kappa shape index (κ1) is 18.0. The summed E-state index contributed by atoms with van der Waals surface area (Å²) in [6, 6.07) is 12.2. The van der Waals surface area contributed by atoms with Crippen LogP contribution < -0.4 is 5.32 Å². The van der Waals surface area contributed by atoms with E-state index in [0.717, 1.165) is 37.3 Å². The standard InChI is InChI=1S/C22H28N4O/c27-22(26-14-8-1-2-9-15-26)19-16-20(23-18-12-6-7-13-18)25-21(24-19)17-10-4-3-5-11-17/h3-5,10-11,16,18H,1-2,6-9,12-15H2,(H,23,24,25). The molecule has 2 fully saturated rings. The van der Waals surface area contributed by atoms with Gasteiger partial charge in [0.15, 0.2) is 5.82 Å². The zero-order chi connectivity index (χ0) is 18.5. The van der Waals surface area contributed by atoms with Gasteiger partial charge < -0.3 is 10.2 Å². The molecule has 2 aliphatic rings. The first-order valence-electron chi connectivity index (χ1n) is 10.3. The van der Waals surface area contributed by atoms with Gasteiger partial charge in [-0.3, -0.25) is 4.79 Å². The number of nitrogens with zero attached hydrogens (tertiary/aromatic N) is 3. The molecule has 1 saturated heterocycles. The summed E-state index contributed by atoms with van der Waals surface area (Å²) < 4.78 is 0. The molecule has 5 heteroatoms. The topological polar surface area (TPSA) is 58.1 Å². The van der Waals surface area contributed by atoms with Crippen LogP contribution in [0.2, 0.25) is 0 Å². The lowest BCUT2D eigenvalue weighted by Gasteiger charge is -2.21. The van der Waals surface area contributed by atoms with Crippen molar-refractivity contribution in [2.24, 2.45) is 0 Å². The third-order valence-electron chi connectivity index (χ3n) is 5.58. The smallest absolute Gasteiger partial charge is 0.272 e. The minimum Gasteiger partial charge on any atom is -0.367 e. The Morgan fingerprint density at radius 3 is 2.33 bits per heavy atom. The number of nitrogens with one attached hydrogen (secondary N) is 1. The molecule has 1 aliphatic carbocycles. The van der Waals surface area contributed by atoms with Crippen molar-refractivity contribution in [3.8, 4) is 11.4 Å². The van der Waals surface area contributed by atoms with Crippen molar-refractivity contribution >= 4 is 11.7 Å². The molecule has 1 saturated carbocycles. The van der Waals surface area contributed by atoms with Crippen molar-refractivity contribution < 1.29 is 4.79 Å². The Morgan fingerprint density at radius 2 is 1.63 bits per heavy atom. The van der Waals surface area contributed by atoms with E-state index in [-0.39, 0.29) is 5.91 Å². The van der Waals surface area contributed by atoms with Gasteiger partial charge in [-0.05, 0) is 25.7 Å². The molecule has 0 atom stereocenters. The lowest BCUT2D eigenvalue weighted by molar-refractivity contribution is 0.0755. The molecule has 4 rings (SSSR count). The number of aromatic nitrogens is 2. The number of rotatable bonds is 4. The zero-order valence-electron chi connectivity index (χ0n) is 15.9. The normalized spacial score (nSPS) is 18.3. The maximum absolute atomic E-state index is 13.1. The third-order valence-corrected chi connectivity index (χ3v) is 5.58. The van der Waals surface area contributed by atoms with Gasteiger partial charge in [-0.1, -0.05) is 56.0 Å². The number of carbonyl (C=O) groups excluding carboxylic acids is 1. The summed E-state index contributed by atoms with van der Waals surface area (Å²) in [6.45, 7) is 1.66. The highest BCUT2D eigenvalue weighted by atomic mass is 16.2. The van der Waals surface area contributed by atoms with Gasteiger partial charge in [-0.25, -0.2) is 9.97 Å². The van der Waals surface area contributed by atoms with Gasteiger partial charge in [0.25, 0.3) is 5.91 Å². The van der Waals surface area contributed by atoms with E-state index >= 15 is 0 Å². The molecule has 142 valence electrons. The molecule has 0 unspecified atom stereocenters. The van der Waals surface area contributed by atoms with Crippen LogP contribution in [0.3, 0.4) is 0 Å². The Labute approximate surface area is 161 Å². The van der Waals surface area contributed by atoms with Gasteiger partial charge in [0.05, 0.1) is 0 Å². The molecule has 1 amide bonds. The van der Waals surface area contributed by atoms with Gasteiger partial charge in [-0.15, -0.1) is 0 Å². The van der Waals surface area contributed by atoms with E-state index in [1.54, 1.807) is 0 Å². The van der Waals surface area contributed by atoms with E-state index in [1.807, 2.05) is 41.3 Å². The number of amides is 1. The maximum atomic E-state index is 13.1. The molecule has 2 heterocycles. The van der Waals surface area contributed by atoms with E-state index in [0.29, 0.717) is 17.6 Å². The highest BCUT2D eigenvalue weighted by molar-refractivity contribution is 5.93. The van der Waals surface area contributed by atoms with Gasteiger partial charge in [-0.2, -0.15) is 0 Å². The van der Waals surface area contributed by atoms with Crippen molar-refractivity contribution in [2.75, 3.05) is 18.4 Å². The summed E-state index contributed by atoms with van der Waals surface area (Å²) in [6.07, 6.45) is 9.42. The maximum Gasteiger partial charge on any atom is 0.272 e. The van der Waals surface area contributed by atoms with E-state index in [4.69, 9.17) is 4.98 Å². The van der Waals surface area contributed by atoms with Crippen LogP contribution in [0, 0.1) is 0 Å². The molecule has 5 nitrogen and oxygen atoms in total. The first-order valence-corrected chi connectivity index (χ1v) is 10.3. The van der Waals surface area contributed by atoms with E-state index in [1.165, 1.54) is 38.5 Å². The van der Waals surface area contributed by atoms with Crippen LogP contribution in [-0.4, -0.2) is 39.9 Å². The Kier molecular flexibility index (Phi) is 5.66. The van der Waals surface area contributed by atoms with Crippen LogP contribution in [0.15, 0.2) is 36.4 Å². The summed E-state index contributed by atoms with van der Waals surface area (Å²) in [5, 5.41) is 3.54. The molecule has 1 aromatic carbocycles. The Morgan fingerprint density at radius 1 is 0.926 bits per heavy atom. The number of likely N-dealkylation sites (tertiary alicyclic amines) is 1. The third kappa shape index (κ3) is 4.46. The number of anilines is 1. The van der Waals surface area contributed by atoms with Gasteiger partial charge in [0.2, 0.25) is 0 Å². The fourth-order valence-electron chi connectivity index (χ4n) is 4.06. The molecule has 1 N–H and O–H groups in total. The fourth-order valence-corrected chi connectivity index (χ4v) is 4.06. The minimum atomic E-state index is 0.0333. The molecule has 0 bridgehead atoms. The van der Waals surface area contributed by atoms with Crippen molar-refractivity contribution in [2.45, 2.75) is 57.4 Å². The van der Waals surface area contributed by atoms with Crippen LogP contribution in [0.4, 0.5) is 5.82 Å². The van der Waals surface area contributed by atoms with Crippen LogP contribution >= 0.6 is 0 Å². The Bertz CT molecular complexity index is 763. The second kappa shape index (κ2) is 8.51. The average molecular weight is 364 g/mol. The minimum absolute atomic E-state index is 0.0333. The number of hydrogen-bond acceptors (Lipinski definition) is 4. The second-order valence-corrected chi connectivity index (χ2v) is 7.66. The average Bonchev–Trinajstić information content (AvgIpc) is 3.07. The monoisotopic (exact) mass is 364 g/mol. The number of carbonyl (C=O) groups is 1. The van der Waals surface area contributed by atoms with Gasteiger partial charge in [0.1, 0.15) is 11.5 Å². The van der Waals surface area contributed by atoms with Crippen LogP contribution in [-0.2, 0) is 0 Å². The van der Waals surface area contributed by atoms with E-state index in [2.05, 4.69) is 10.3 Å². The summed E-state index contributed by atoms with van der Waals surface area (Å²) in [5.74, 6) is 1.43. The van der Waals surface area contributed by atoms with Crippen molar-refractivity contribution in [3.05, 3.63) is 42.1 Å². The molecule has 27 heavy (non-hydrogen) atoms. The lowest BCUT2D eigenvalue weighted by atomic mass is 10.2. The summed E-state index contributed by atoms with van der Waals surface area (Å²) in [7, 11) is 0. The molecular weight excluding hydrogens is 336 g/mol. The molecular formula is C22H28N4O. The fraction of sp³-hybridized carbons (Fsp3) is 0.500. The van der Waals surface area contributed by atoms with Crippen molar-refractivity contribution in [1.82, 2.24) is 14.9 Å². The quantitative estimate of drug-likeness (QED) is 0.867. The molecule has 0 radical (unpaired) electrons. The van der Waals surface area contributed by atoms with Crippen LogP contribution in [0.5, 0.6) is 0 Å². The predicted molar refractivity (Wildman–Crippen MR) is 108 cm³/mol. The lowest BCUT2D eigenvalue weighted by Crippen LogP contribution is -2.32. The summed E-state index contributed by atoms with van der Waals surface area (Å²) in [5.41, 5.74) is 1.45. The SMILES string of the molecule is O=C(c1cc(NC2CCCC2)nc(-c2ccccc2)n1)N1CCCCCC1. The zero-order valence-corrected chi connectivity index (χ0v) is 15.9. The molecule has 0 spiro atoms. The molecule has 1 aliphatic heterocycles. The molecule has 2 aromatic rings. The summed E-state index contributed by atoms with van der Waals surface area (Å²) >= 11 is 0. The van der Waals surface area contributed by atoms with Gasteiger partial charge in [0, 0.05) is 30.8 Å². The Balaban J connectivity index is 1.65. The second-order valence-electron chi connectivity index (χ2n) is 7.66. The van der Waals surface area contributed by atoms with Crippen LogP contribution in [0.1, 0.15) is 61.9 Å². The molecule has 1 aromatic heterocycles. The summed E-state index contributed by atoms with van der Waals surface area (Å²) in [4.78, 5) is 24.5. The van der Waals surface area contributed by atoms with Crippen LogP contribution in [0.25, 0.3) is 11.4 Å². The highest BCUT2D eigenvalue weighted by Gasteiger charge is 2.22. The van der Waals surface area contributed by atoms with E-state index < -0.39 is 0 Å². The highest BCUT2D eigenvalue weighted by Crippen LogP contribution is 2.24. The van der Waals surface area contributed by atoms with Crippen molar-refractivity contribution in [1.29, 1.82) is 0 Å².